The third-order valence-electron chi connectivity index (χ3n) is 2.04. The van der Waals surface area contributed by atoms with E-state index >= 15 is 0 Å². The van der Waals surface area contributed by atoms with E-state index < -0.39 is 0 Å². The van der Waals surface area contributed by atoms with Crippen molar-refractivity contribution in [1.82, 2.24) is 5.06 Å². The SMILES string of the molecule is CON(C)C(=O)c1ccc(Cl)c(Cl)c1SC. The van der Waals surface area contributed by atoms with Gasteiger partial charge in [0.25, 0.3) is 5.91 Å². The Morgan fingerprint density at radius 1 is 1.44 bits per heavy atom. The molecule has 16 heavy (non-hydrogen) atoms. The summed E-state index contributed by atoms with van der Waals surface area (Å²) >= 11 is 13.3. The van der Waals surface area contributed by atoms with Crippen LogP contribution in [0.15, 0.2) is 17.0 Å². The van der Waals surface area contributed by atoms with Crippen LogP contribution in [0, 0.1) is 0 Å². The van der Waals surface area contributed by atoms with E-state index in [1.807, 2.05) is 6.26 Å². The minimum absolute atomic E-state index is 0.259. The van der Waals surface area contributed by atoms with Gasteiger partial charge in [0.1, 0.15) is 0 Å². The molecule has 1 aromatic carbocycles. The number of halogens is 2. The first-order chi connectivity index (χ1) is 7.52. The van der Waals surface area contributed by atoms with Crippen molar-refractivity contribution in [2.45, 2.75) is 4.90 Å². The largest absolute Gasteiger partial charge is 0.278 e. The van der Waals surface area contributed by atoms with E-state index in [1.165, 1.54) is 25.9 Å². The van der Waals surface area contributed by atoms with E-state index in [0.29, 0.717) is 20.5 Å². The molecule has 0 fully saturated rings. The number of thioether (sulfide) groups is 1. The second kappa shape index (κ2) is 5.77. The van der Waals surface area contributed by atoms with Crippen LogP contribution in [0.2, 0.25) is 10.0 Å². The number of carbonyl (C=O) groups is 1. The lowest BCUT2D eigenvalue weighted by atomic mass is 10.2. The summed E-state index contributed by atoms with van der Waals surface area (Å²) in [6.45, 7) is 0. The molecule has 0 aliphatic carbocycles. The molecular formula is C10H11Cl2NO2S. The van der Waals surface area contributed by atoms with Crippen LogP contribution in [0.5, 0.6) is 0 Å². The highest BCUT2D eigenvalue weighted by atomic mass is 35.5. The van der Waals surface area contributed by atoms with E-state index in [2.05, 4.69) is 0 Å². The Labute approximate surface area is 109 Å². The van der Waals surface area contributed by atoms with Gasteiger partial charge in [0.2, 0.25) is 0 Å². The molecule has 0 aliphatic heterocycles. The van der Waals surface area contributed by atoms with Gasteiger partial charge in [-0.05, 0) is 18.4 Å². The molecule has 88 valence electrons. The van der Waals surface area contributed by atoms with Gasteiger partial charge in [-0.3, -0.25) is 9.63 Å². The molecular weight excluding hydrogens is 269 g/mol. The summed E-state index contributed by atoms with van der Waals surface area (Å²) in [5.41, 5.74) is 0.478. The van der Waals surface area contributed by atoms with Crippen LogP contribution in [-0.4, -0.2) is 31.4 Å². The minimum atomic E-state index is -0.259. The summed E-state index contributed by atoms with van der Waals surface area (Å²) in [4.78, 5) is 17.4. The van der Waals surface area contributed by atoms with E-state index in [0.717, 1.165) is 5.06 Å². The quantitative estimate of drug-likeness (QED) is 0.628. The van der Waals surface area contributed by atoms with Crippen LogP contribution >= 0.6 is 35.0 Å². The van der Waals surface area contributed by atoms with Crippen molar-refractivity contribution in [1.29, 1.82) is 0 Å². The van der Waals surface area contributed by atoms with Crippen LogP contribution < -0.4 is 0 Å². The van der Waals surface area contributed by atoms with E-state index in [1.54, 1.807) is 12.1 Å². The molecule has 0 spiro atoms. The fourth-order valence-corrected chi connectivity index (χ4v) is 2.43. The third-order valence-corrected chi connectivity index (χ3v) is 3.79. The molecule has 1 rings (SSSR count). The molecule has 0 aromatic heterocycles. The summed E-state index contributed by atoms with van der Waals surface area (Å²) in [6, 6.07) is 3.23. The topological polar surface area (TPSA) is 29.5 Å². The Hall–Kier alpha value is -0.420. The maximum absolute atomic E-state index is 11.9. The molecule has 0 heterocycles. The van der Waals surface area contributed by atoms with E-state index in [9.17, 15) is 4.79 Å². The maximum Gasteiger partial charge on any atom is 0.278 e. The van der Waals surface area contributed by atoms with Crippen molar-refractivity contribution in [3.63, 3.8) is 0 Å². The Bertz CT molecular complexity index is 412. The van der Waals surface area contributed by atoms with Gasteiger partial charge >= 0.3 is 0 Å². The fourth-order valence-electron chi connectivity index (χ4n) is 1.15. The number of rotatable bonds is 3. The van der Waals surface area contributed by atoms with Gasteiger partial charge in [-0.25, -0.2) is 5.06 Å². The van der Waals surface area contributed by atoms with Crippen LogP contribution in [0.1, 0.15) is 10.4 Å². The van der Waals surface area contributed by atoms with Crippen LogP contribution in [0.3, 0.4) is 0 Å². The number of benzene rings is 1. The lowest BCUT2D eigenvalue weighted by molar-refractivity contribution is -0.0759. The zero-order valence-corrected chi connectivity index (χ0v) is 11.4. The molecule has 6 heteroatoms. The second-order valence-electron chi connectivity index (χ2n) is 2.93. The Morgan fingerprint density at radius 3 is 2.56 bits per heavy atom. The summed E-state index contributed by atoms with van der Waals surface area (Å²) in [6.07, 6.45) is 1.83. The Morgan fingerprint density at radius 2 is 2.06 bits per heavy atom. The summed E-state index contributed by atoms with van der Waals surface area (Å²) < 4.78 is 0. The average Bonchev–Trinajstić information content (AvgIpc) is 2.30. The lowest BCUT2D eigenvalue weighted by Crippen LogP contribution is -2.25. The molecule has 0 saturated carbocycles. The molecule has 0 atom stereocenters. The number of carbonyl (C=O) groups excluding carboxylic acids is 1. The molecule has 0 N–H and O–H groups in total. The first-order valence-corrected chi connectivity index (χ1v) is 6.35. The zero-order valence-electron chi connectivity index (χ0n) is 9.08. The number of hydrogen-bond donors (Lipinski definition) is 0. The fraction of sp³-hybridized carbons (Fsp3) is 0.300. The van der Waals surface area contributed by atoms with Crippen LogP contribution in [0.25, 0.3) is 0 Å². The van der Waals surface area contributed by atoms with Gasteiger partial charge in [0.05, 0.1) is 22.7 Å². The smallest absolute Gasteiger partial charge is 0.274 e. The normalized spacial score (nSPS) is 10.3. The Balaban J connectivity index is 3.24. The van der Waals surface area contributed by atoms with Crippen molar-refractivity contribution in [2.24, 2.45) is 0 Å². The summed E-state index contributed by atoms with van der Waals surface area (Å²) in [7, 11) is 2.96. The monoisotopic (exact) mass is 279 g/mol. The zero-order chi connectivity index (χ0) is 12.3. The van der Waals surface area contributed by atoms with Crippen molar-refractivity contribution < 1.29 is 9.63 Å². The molecule has 0 radical (unpaired) electrons. The lowest BCUT2D eigenvalue weighted by Gasteiger charge is -2.16. The second-order valence-corrected chi connectivity index (χ2v) is 4.53. The summed E-state index contributed by atoms with van der Waals surface area (Å²) in [5.74, 6) is -0.259. The molecule has 0 aliphatic rings. The highest BCUT2D eigenvalue weighted by molar-refractivity contribution is 7.98. The minimum Gasteiger partial charge on any atom is -0.274 e. The van der Waals surface area contributed by atoms with Crippen molar-refractivity contribution in [2.75, 3.05) is 20.4 Å². The average molecular weight is 280 g/mol. The van der Waals surface area contributed by atoms with Gasteiger partial charge in [0.15, 0.2) is 0 Å². The summed E-state index contributed by atoms with van der Waals surface area (Å²) in [5, 5.41) is 1.96. The number of amides is 1. The highest BCUT2D eigenvalue weighted by Gasteiger charge is 2.19. The Kier molecular flexibility index (Phi) is 4.92. The molecule has 3 nitrogen and oxygen atoms in total. The van der Waals surface area contributed by atoms with Crippen molar-refractivity contribution in [3.8, 4) is 0 Å². The molecule has 0 saturated heterocycles. The van der Waals surface area contributed by atoms with E-state index in [4.69, 9.17) is 28.0 Å². The maximum atomic E-state index is 11.9. The number of hydroxylamine groups is 2. The first-order valence-electron chi connectivity index (χ1n) is 4.37. The highest BCUT2D eigenvalue weighted by Crippen LogP contribution is 2.35. The van der Waals surface area contributed by atoms with Gasteiger partial charge in [-0.1, -0.05) is 23.2 Å². The molecule has 1 amide bonds. The van der Waals surface area contributed by atoms with Crippen LogP contribution in [0.4, 0.5) is 0 Å². The molecule has 1 aromatic rings. The molecule has 0 unspecified atom stereocenters. The van der Waals surface area contributed by atoms with Gasteiger partial charge in [-0.2, -0.15) is 0 Å². The van der Waals surface area contributed by atoms with Gasteiger partial charge in [0, 0.05) is 11.9 Å². The van der Waals surface area contributed by atoms with Crippen molar-refractivity contribution >= 4 is 40.9 Å². The molecule has 0 bridgehead atoms. The number of hydrogen-bond acceptors (Lipinski definition) is 3. The van der Waals surface area contributed by atoms with Gasteiger partial charge in [-0.15, -0.1) is 11.8 Å². The predicted octanol–water partition coefficient (Wildman–Crippen LogP) is 3.35. The predicted molar refractivity (Wildman–Crippen MR) is 67.3 cm³/mol. The standard InChI is InChI=1S/C10H11Cl2NO2S/c1-13(15-2)10(14)6-4-5-7(11)8(12)9(6)16-3/h4-5H,1-3H3. The first kappa shape index (κ1) is 13.6. The van der Waals surface area contributed by atoms with Gasteiger partial charge < -0.3 is 0 Å². The van der Waals surface area contributed by atoms with Crippen LogP contribution in [-0.2, 0) is 4.84 Å². The van der Waals surface area contributed by atoms with Crippen molar-refractivity contribution in [3.05, 3.63) is 27.7 Å². The van der Waals surface area contributed by atoms with E-state index in [-0.39, 0.29) is 5.91 Å². The third kappa shape index (κ3) is 2.63. The number of nitrogens with zero attached hydrogens (tertiary/aromatic N) is 1.